The van der Waals surface area contributed by atoms with E-state index in [1.54, 1.807) is 31.5 Å². The predicted octanol–water partition coefficient (Wildman–Crippen LogP) is 3.34. The summed E-state index contributed by atoms with van der Waals surface area (Å²) >= 11 is 0. The van der Waals surface area contributed by atoms with Crippen LogP contribution >= 0.6 is 0 Å². The number of hydrogen-bond donors (Lipinski definition) is 1. The molecule has 0 aliphatic carbocycles. The van der Waals surface area contributed by atoms with E-state index in [4.69, 9.17) is 5.73 Å². The summed E-state index contributed by atoms with van der Waals surface area (Å²) in [4.78, 5) is 11.5. The molecule has 3 aromatic heterocycles. The third-order valence-electron chi connectivity index (χ3n) is 7.12. The van der Waals surface area contributed by atoms with Crippen molar-refractivity contribution in [1.29, 1.82) is 0 Å². The van der Waals surface area contributed by atoms with Gasteiger partial charge in [0.15, 0.2) is 5.82 Å². The van der Waals surface area contributed by atoms with Crippen LogP contribution in [0, 0.1) is 18.2 Å². The van der Waals surface area contributed by atoms with E-state index in [0.717, 1.165) is 49.5 Å². The maximum absolute atomic E-state index is 14.7. The summed E-state index contributed by atoms with van der Waals surface area (Å²) in [7, 11) is 0. The van der Waals surface area contributed by atoms with E-state index in [1.807, 2.05) is 28.9 Å². The second kappa shape index (κ2) is 6.62. The number of piperidine rings is 1. The van der Waals surface area contributed by atoms with E-state index in [0.29, 0.717) is 17.0 Å². The van der Waals surface area contributed by atoms with E-state index >= 15 is 0 Å². The largest absolute Gasteiger partial charge is 0.355 e. The van der Waals surface area contributed by atoms with Crippen molar-refractivity contribution in [1.82, 2.24) is 24.1 Å². The molecule has 1 fully saturated rings. The molecule has 0 radical (unpaired) electrons. The average Bonchev–Trinajstić information content (AvgIpc) is 3.47. The lowest BCUT2D eigenvalue weighted by atomic mass is 9.73. The number of aromatic nitrogens is 5. The van der Waals surface area contributed by atoms with Crippen molar-refractivity contribution in [2.24, 2.45) is 11.1 Å². The molecule has 1 spiro atoms. The van der Waals surface area contributed by atoms with Gasteiger partial charge in [-0.1, -0.05) is 12.1 Å². The van der Waals surface area contributed by atoms with Gasteiger partial charge in [0.25, 0.3) is 0 Å². The van der Waals surface area contributed by atoms with Crippen molar-refractivity contribution in [3.05, 3.63) is 66.1 Å². The zero-order valence-electron chi connectivity index (χ0n) is 17.4. The molecule has 31 heavy (non-hydrogen) atoms. The van der Waals surface area contributed by atoms with Gasteiger partial charge in [0, 0.05) is 43.6 Å². The van der Waals surface area contributed by atoms with E-state index in [2.05, 4.69) is 24.6 Å². The zero-order valence-corrected chi connectivity index (χ0v) is 17.4. The number of imidazole rings is 1. The van der Waals surface area contributed by atoms with Crippen molar-refractivity contribution in [2.75, 3.05) is 18.0 Å². The number of nitrogens with zero attached hydrogens (tertiary/aromatic N) is 6. The Morgan fingerprint density at radius 1 is 1.13 bits per heavy atom. The number of anilines is 1. The summed E-state index contributed by atoms with van der Waals surface area (Å²) in [5, 5.41) is 4.43. The monoisotopic (exact) mass is 417 g/mol. The molecule has 2 aliphatic heterocycles. The molecule has 4 aromatic rings. The molecular formula is C23H24FN7. The zero-order chi connectivity index (χ0) is 21.2. The number of halogens is 1. The van der Waals surface area contributed by atoms with E-state index in [1.165, 1.54) is 0 Å². The third kappa shape index (κ3) is 2.64. The van der Waals surface area contributed by atoms with Gasteiger partial charge in [0.05, 0.1) is 23.5 Å². The van der Waals surface area contributed by atoms with Crippen molar-refractivity contribution in [2.45, 2.75) is 32.4 Å². The molecule has 5 heterocycles. The molecule has 2 N–H and O–H groups in total. The Bertz CT molecular complexity index is 1280. The molecule has 8 heteroatoms. The molecule has 6 rings (SSSR count). The first-order valence-corrected chi connectivity index (χ1v) is 10.7. The molecule has 7 nitrogen and oxygen atoms in total. The van der Waals surface area contributed by atoms with Crippen molar-refractivity contribution in [3.63, 3.8) is 0 Å². The standard InChI is InChI=1S/C23H24FN7/c1-15-3-2-4-16(19(15)24)21-27-13-18-22(26-9-12-30(18)21)29-10-6-23(7-11-29)14-31-17(20(23)25)5-8-28-31/h2-5,8-9,12-13,20H,6-7,10-11,14,25H2,1H3. The average molecular weight is 417 g/mol. The minimum Gasteiger partial charge on any atom is -0.355 e. The topological polar surface area (TPSA) is 77.3 Å². The van der Waals surface area contributed by atoms with Gasteiger partial charge < -0.3 is 10.6 Å². The SMILES string of the molecule is Cc1cccc(-c2ncc3c(N4CCC5(CC4)Cn4nccc4C5N)nccn23)c1F. The number of benzene rings is 1. The highest BCUT2D eigenvalue weighted by atomic mass is 19.1. The Balaban J connectivity index is 1.31. The molecule has 0 amide bonds. The summed E-state index contributed by atoms with van der Waals surface area (Å²) in [5.41, 5.74) is 9.81. The molecule has 2 aliphatic rings. The van der Waals surface area contributed by atoms with Crippen molar-refractivity contribution >= 4 is 11.3 Å². The second-order valence-corrected chi connectivity index (χ2v) is 8.77. The number of nitrogens with two attached hydrogens (primary N) is 1. The van der Waals surface area contributed by atoms with Gasteiger partial charge in [-0.25, -0.2) is 14.4 Å². The highest BCUT2D eigenvalue weighted by molar-refractivity contribution is 5.73. The second-order valence-electron chi connectivity index (χ2n) is 8.77. The molecule has 1 unspecified atom stereocenters. The van der Waals surface area contributed by atoms with E-state index < -0.39 is 0 Å². The van der Waals surface area contributed by atoms with Gasteiger partial charge in [-0.3, -0.25) is 9.08 Å². The molecule has 0 bridgehead atoms. The minimum atomic E-state index is -0.235. The first kappa shape index (κ1) is 18.5. The van der Waals surface area contributed by atoms with Crippen LogP contribution in [0.15, 0.2) is 49.1 Å². The Morgan fingerprint density at radius 2 is 1.97 bits per heavy atom. The summed E-state index contributed by atoms with van der Waals surface area (Å²) in [6.45, 7) is 4.38. The summed E-state index contributed by atoms with van der Waals surface area (Å²) in [6, 6.07) is 7.45. The Kier molecular flexibility index (Phi) is 3.95. The Morgan fingerprint density at radius 3 is 2.77 bits per heavy atom. The van der Waals surface area contributed by atoms with Gasteiger partial charge in [-0.2, -0.15) is 5.10 Å². The quantitative estimate of drug-likeness (QED) is 0.541. The maximum Gasteiger partial charge on any atom is 0.154 e. The first-order chi connectivity index (χ1) is 15.1. The normalized spacial score (nSPS) is 20.0. The van der Waals surface area contributed by atoms with Crippen LogP contribution in [0.25, 0.3) is 16.9 Å². The van der Waals surface area contributed by atoms with E-state index in [9.17, 15) is 4.39 Å². The Labute approximate surface area is 179 Å². The minimum absolute atomic E-state index is 0.0202. The molecular weight excluding hydrogens is 393 g/mol. The molecule has 0 saturated carbocycles. The number of aryl methyl sites for hydroxylation is 1. The Hall–Kier alpha value is -3.26. The van der Waals surface area contributed by atoms with Crippen molar-refractivity contribution in [3.8, 4) is 11.4 Å². The highest BCUT2D eigenvalue weighted by Gasteiger charge is 2.47. The van der Waals surface area contributed by atoms with Crippen LogP contribution in [0.5, 0.6) is 0 Å². The summed E-state index contributed by atoms with van der Waals surface area (Å²) in [6.07, 6.45) is 9.20. The first-order valence-electron chi connectivity index (χ1n) is 10.7. The van der Waals surface area contributed by atoms with Crippen molar-refractivity contribution < 1.29 is 4.39 Å². The lowest BCUT2D eigenvalue weighted by molar-refractivity contribution is 0.170. The lowest BCUT2D eigenvalue weighted by Gasteiger charge is -2.41. The van der Waals surface area contributed by atoms with Crippen LogP contribution in [0.2, 0.25) is 0 Å². The number of hydrogen-bond acceptors (Lipinski definition) is 5. The van der Waals surface area contributed by atoms with Crippen LogP contribution < -0.4 is 10.6 Å². The third-order valence-corrected chi connectivity index (χ3v) is 7.12. The van der Waals surface area contributed by atoms with Crippen LogP contribution in [0.4, 0.5) is 10.2 Å². The van der Waals surface area contributed by atoms with Crippen LogP contribution in [-0.4, -0.2) is 37.2 Å². The maximum atomic E-state index is 14.7. The highest BCUT2D eigenvalue weighted by Crippen LogP contribution is 2.48. The lowest BCUT2D eigenvalue weighted by Crippen LogP contribution is -2.45. The predicted molar refractivity (Wildman–Crippen MR) is 116 cm³/mol. The van der Waals surface area contributed by atoms with E-state index in [-0.39, 0.29) is 17.3 Å². The van der Waals surface area contributed by atoms with Crippen LogP contribution in [0.1, 0.15) is 30.1 Å². The summed E-state index contributed by atoms with van der Waals surface area (Å²) < 4.78 is 18.7. The van der Waals surface area contributed by atoms with Gasteiger partial charge >= 0.3 is 0 Å². The molecule has 158 valence electrons. The molecule has 1 aromatic carbocycles. The fraction of sp³-hybridized carbons (Fsp3) is 0.348. The fourth-order valence-corrected chi connectivity index (χ4v) is 5.26. The fourth-order valence-electron chi connectivity index (χ4n) is 5.26. The van der Waals surface area contributed by atoms with Crippen LogP contribution in [-0.2, 0) is 6.54 Å². The number of rotatable bonds is 2. The van der Waals surface area contributed by atoms with Gasteiger partial charge in [0.2, 0.25) is 0 Å². The van der Waals surface area contributed by atoms with Gasteiger partial charge in [-0.15, -0.1) is 0 Å². The smallest absolute Gasteiger partial charge is 0.154 e. The van der Waals surface area contributed by atoms with Crippen LogP contribution in [0.3, 0.4) is 0 Å². The van der Waals surface area contributed by atoms with Gasteiger partial charge in [0.1, 0.15) is 17.2 Å². The van der Waals surface area contributed by atoms with Gasteiger partial charge in [-0.05, 0) is 37.5 Å². The number of fused-ring (bicyclic) bond motifs is 2. The molecule has 1 saturated heterocycles. The summed E-state index contributed by atoms with van der Waals surface area (Å²) in [5.74, 6) is 1.24. The molecule has 1 atom stereocenters.